The Kier molecular flexibility index (Phi) is 14.2. The summed E-state index contributed by atoms with van der Waals surface area (Å²) in [6, 6.07) is 43.6. The number of nitrogens with one attached hydrogen (secondary N) is 2. The number of carbonyl (C=O) groups excluding carboxylic acids is 3. The number of hydrogen-bond donors (Lipinski definition) is 4. The van der Waals surface area contributed by atoms with Gasteiger partial charge in [0.1, 0.15) is 0 Å². The molecule has 10 nitrogen and oxygen atoms in total. The molecule has 1 fully saturated rings. The Labute approximate surface area is 393 Å². The standard InChI is InChI=1S/C48H51N5O3.C9H8N2/c49-23-6-24-52-25-27-53(28-26-52)45(54)30-36-8-5-12-41-40(36)21-22-42-39-10-2-1-7-35(39)29-44(46(41)42)47(55)34-17-19-37(20-18-34)51-48(56)43-11-4-3-9-38(43)33-15-13-32(31-50)14-16-33;1-2-5-9-8(4-1)10-6-3-7-11-9/h1-4,7,9-11,13-22,36,44H,5-6,8,12,23-31,49-50H2,(H,51,56);1-7,10H. The monoisotopic (exact) mass is 889 g/mol. The van der Waals surface area contributed by atoms with E-state index in [1.807, 2.05) is 120 Å². The van der Waals surface area contributed by atoms with Gasteiger partial charge in [-0.25, -0.2) is 0 Å². The summed E-state index contributed by atoms with van der Waals surface area (Å²) < 4.78 is 0. The molecule has 10 rings (SSSR count). The lowest BCUT2D eigenvalue weighted by atomic mass is 9.69. The Hall–Kier alpha value is -6.98. The van der Waals surface area contributed by atoms with Gasteiger partial charge in [0, 0.05) is 68.4 Å². The summed E-state index contributed by atoms with van der Waals surface area (Å²) in [5, 5.41) is 6.17. The van der Waals surface area contributed by atoms with E-state index in [1.165, 1.54) is 22.3 Å². The van der Waals surface area contributed by atoms with E-state index in [0.29, 0.717) is 42.7 Å². The predicted molar refractivity (Wildman–Crippen MR) is 271 cm³/mol. The number of nitrogens with two attached hydrogens (primary N) is 2. The number of rotatable bonds is 11. The lowest BCUT2D eigenvalue weighted by Gasteiger charge is -2.37. The maximum atomic E-state index is 14.7. The average Bonchev–Trinajstić information content (AvgIpc) is 3.64. The number of allylic oxidation sites excluding steroid dienone is 1. The highest BCUT2D eigenvalue weighted by molar-refractivity contribution is 6.09. The molecule has 0 saturated carbocycles. The summed E-state index contributed by atoms with van der Waals surface area (Å²) in [5.74, 6) is -0.121. The summed E-state index contributed by atoms with van der Waals surface area (Å²) >= 11 is 0. The van der Waals surface area contributed by atoms with Gasteiger partial charge in [0.25, 0.3) is 5.91 Å². The van der Waals surface area contributed by atoms with Crippen molar-refractivity contribution in [3.05, 3.63) is 185 Å². The number of aliphatic imine (C=N–C) groups is 1. The normalized spacial score (nSPS) is 17.0. The number of amides is 2. The van der Waals surface area contributed by atoms with Crippen molar-refractivity contribution in [1.29, 1.82) is 0 Å². The van der Waals surface area contributed by atoms with Crippen molar-refractivity contribution < 1.29 is 14.4 Å². The van der Waals surface area contributed by atoms with E-state index in [0.717, 1.165) is 97.6 Å². The number of nitrogens with zero attached hydrogens (tertiary/aromatic N) is 3. The Balaban J connectivity index is 0.000000446. The molecule has 2 aliphatic heterocycles. The molecule has 6 aromatic rings. The third-order valence-corrected chi connectivity index (χ3v) is 13.7. The first-order chi connectivity index (χ1) is 32.9. The smallest absolute Gasteiger partial charge is 0.256 e. The number of ketones is 1. The van der Waals surface area contributed by atoms with Crippen LogP contribution < -0.4 is 22.1 Å². The number of hydrogen-bond acceptors (Lipinski definition) is 8. The van der Waals surface area contributed by atoms with Gasteiger partial charge < -0.3 is 27.0 Å². The summed E-state index contributed by atoms with van der Waals surface area (Å²) in [7, 11) is 0. The second kappa shape index (κ2) is 21.1. The molecule has 0 spiro atoms. The van der Waals surface area contributed by atoms with E-state index in [4.69, 9.17) is 11.5 Å². The van der Waals surface area contributed by atoms with Crippen LogP contribution in [-0.4, -0.2) is 72.9 Å². The van der Waals surface area contributed by atoms with E-state index >= 15 is 0 Å². The molecule has 2 amide bonds. The zero-order valence-corrected chi connectivity index (χ0v) is 38.0. The number of carbonyl (C=O) groups is 3. The third kappa shape index (κ3) is 10.2. The predicted octanol–water partition coefficient (Wildman–Crippen LogP) is 9.89. The molecule has 0 bridgehead atoms. The van der Waals surface area contributed by atoms with Crippen molar-refractivity contribution in [2.24, 2.45) is 16.5 Å². The van der Waals surface area contributed by atoms with Crippen molar-refractivity contribution in [2.45, 2.75) is 56.9 Å². The number of benzene rings is 6. The van der Waals surface area contributed by atoms with E-state index in [9.17, 15) is 14.4 Å². The van der Waals surface area contributed by atoms with Gasteiger partial charge in [-0.15, -0.1) is 0 Å². The van der Waals surface area contributed by atoms with Crippen LogP contribution in [0.2, 0.25) is 0 Å². The van der Waals surface area contributed by atoms with Gasteiger partial charge in [-0.05, 0) is 150 Å². The minimum Gasteiger partial charge on any atom is -0.360 e. The molecule has 2 unspecified atom stereocenters. The zero-order valence-electron chi connectivity index (χ0n) is 38.0. The molecular weight excluding hydrogens is 831 g/mol. The third-order valence-electron chi connectivity index (χ3n) is 13.7. The molecule has 2 heterocycles. The minimum absolute atomic E-state index is 0.0732. The van der Waals surface area contributed by atoms with Gasteiger partial charge in [-0.3, -0.25) is 24.3 Å². The number of para-hydroxylation sites is 2. The Morgan fingerprint density at radius 2 is 1.51 bits per heavy atom. The first-order valence-corrected chi connectivity index (χ1v) is 23.7. The van der Waals surface area contributed by atoms with Crippen molar-refractivity contribution >= 4 is 40.9 Å². The van der Waals surface area contributed by atoms with Crippen LogP contribution in [0.1, 0.15) is 86.1 Å². The Bertz CT molecular complexity index is 2790. The highest BCUT2D eigenvalue weighted by atomic mass is 16.2. The van der Waals surface area contributed by atoms with Crippen LogP contribution >= 0.6 is 0 Å². The topological polar surface area (TPSA) is 146 Å². The van der Waals surface area contributed by atoms with E-state index < -0.39 is 0 Å². The second-order valence-electron chi connectivity index (χ2n) is 17.8. The summed E-state index contributed by atoms with van der Waals surface area (Å²) in [6.45, 7) is 5.47. The molecule has 10 heteroatoms. The SMILES string of the molecule is C1=CNc2ccccc2N=C1.NCCCN1CCN(C(=O)CC2CCCc3c2ccc2c3C(C(=O)c3ccc(NC(=O)c4ccccc4-c4ccc(CN)cc4)cc3)Cc3ccccc3-2)CC1. The molecule has 4 aliphatic rings. The molecular formula is C57H59N7O3. The van der Waals surface area contributed by atoms with E-state index in [1.54, 1.807) is 6.21 Å². The fraction of sp³-hybridized carbons (Fsp3) is 0.263. The van der Waals surface area contributed by atoms with Crippen LogP contribution in [0.5, 0.6) is 0 Å². The maximum Gasteiger partial charge on any atom is 0.256 e. The number of Topliss-reactive ketones (excluding diaryl/α,β-unsaturated/α-hetero) is 1. The molecule has 340 valence electrons. The van der Waals surface area contributed by atoms with E-state index in [2.05, 4.69) is 50.9 Å². The average molecular weight is 890 g/mol. The van der Waals surface area contributed by atoms with Gasteiger partial charge in [-0.1, -0.05) is 91.0 Å². The molecule has 2 atom stereocenters. The molecule has 67 heavy (non-hydrogen) atoms. The lowest BCUT2D eigenvalue weighted by molar-refractivity contribution is -0.133. The van der Waals surface area contributed by atoms with Gasteiger partial charge in [0.05, 0.1) is 17.3 Å². The molecule has 6 N–H and O–H groups in total. The van der Waals surface area contributed by atoms with Crippen molar-refractivity contribution in [1.82, 2.24) is 9.80 Å². The Morgan fingerprint density at radius 1 is 0.761 bits per heavy atom. The van der Waals surface area contributed by atoms with Crippen molar-refractivity contribution in [3.8, 4) is 22.3 Å². The van der Waals surface area contributed by atoms with Gasteiger partial charge >= 0.3 is 0 Å². The molecule has 1 saturated heterocycles. The van der Waals surface area contributed by atoms with Crippen molar-refractivity contribution in [2.75, 3.05) is 49.9 Å². The summed E-state index contributed by atoms with van der Waals surface area (Å²) in [5.41, 5.74) is 25.3. The van der Waals surface area contributed by atoms with Gasteiger partial charge in [0.2, 0.25) is 5.91 Å². The maximum absolute atomic E-state index is 14.7. The number of anilines is 2. The van der Waals surface area contributed by atoms with Crippen LogP contribution in [0, 0.1) is 0 Å². The van der Waals surface area contributed by atoms with Crippen LogP contribution in [0.3, 0.4) is 0 Å². The van der Waals surface area contributed by atoms with Crippen molar-refractivity contribution in [3.63, 3.8) is 0 Å². The molecule has 0 radical (unpaired) electrons. The first kappa shape index (κ1) is 45.2. The van der Waals surface area contributed by atoms with Crippen LogP contribution in [0.25, 0.3) is 22.3 Å². The second-order valence-corrected chi connectivity index (χ2v) is 17.8. The van der Waals surface area contributed by atoms with Gasteiger partial charge in [0.15, 0.2) is 5.78 Å². The van der Waals surface area contributed by atoms with Gasteiger partial charge in [-0.2, -0.15) is 0 Å². The zero-order chi connectivity index (χ0) is 46.1. The fourth-order valence-corrected chi connectivity index (χ4v) is 10.1. The quantitative estimate of drug-likeness (QED) is 0.0948. The lowest BCUT2D eigenvalue weighted by Crippen LogP contribution is -2.49. The largest absolute Gasteiger partial charge is 0.360 e. The van der Waals surface area contributed by atoms with Crippen LogP contribution in [0.4, 0.5) is 17.1 Å². The number of fused-ring (bicyclic) bond motifs is 6. The highest BCUT2D eigenvalue weighted by Crippen LogP contribution is 2.48. The summed E-state index contributed by atoms with van der Waals surface area (Å²) in [6.07, 6.45) is 10.5. The summed E-state index contributed by atoms with van der Waals surface area (Å²) in [4.78, 5) is 50.6. The number of piperazine rings is 1. The highest BCUT2D eigenvalue weighted by Gasteiger charge is 2.36. The fourth-order valence-electron chi connectivity index (χ4n) is 10.1. The first-order valence-electron chi connectivity index (χ1n) is 23.7. The molecule has 6 aromatic carbocycles. The Morgan fingerprint density at radius 3 is 2.30 bits per heavy atom. The molecule has 2 aliphatic carbocycles. The molecule has 0 aromatic heterocycles. The van der Waals surface area contributed by atoms with Crippen LogP contribution in [-0.2, 0) is 24.2 Å². The minimum atomic E-state index is -0.344. The van der Waals surface area contributed by atoms with E-state index in [-0.39, 0.29) is 29.4 Å². The van der Waals surface area contributed by atoms with Crippen LogP contribution in [0.15, 0.2) is 151 Å².